The second kappa shape index (κ2) is 8.87. The molecular formula is C18H16F5NO4. The molecule has 0 spiro atoms. The maximum atomic E-state index is 13.8. The van der Waals surface area contributed by atoms with Crippen LogP contribution in [0.1, 0.15) is 15.9 Å². The molecule has 0 bridgehead atoms. The molecule has 0 aliphatic heterocycles. The topological polar surface area (TPSA) is 70.8 Å². The molecule has 28 heavy (non-hydrogen) atoms. The van der Waals surface area contributed by atoms with Crippen molar-refractivity contribution in [1.29, 1.82) is 0 Å². The lowest BCUT2D eigenvalue weighted by Gasteiger charge is -2.19. The van der Waals surface area contributed by atoms with E-state index in [0.717, 1.165) is 24.3 Å². The van der Waals surface area contributed by atoms with Crippen LogP contribution < -0.4 is 15.2 Å². The van der Waals surface area contributed by atoms with Crippen LogP contribution in [0.4, 0.5) is 22.0 Å². The highest BCUT2D eigenvalue weighted by molar-refractivity contribution is 5.95. The van der Waals surface area contributed by atoms with E-state index in [4.69, 9.17) is 15.2 Å². The first-order valence-corrected chi connectivity index (χ1v) is 7.92. The van der Waals surface area contributed by atoms with Gasteiger partial charge in [-0.05, 0) is 36.4 Å². The van der Waals surface area contributed by atoms with Gasteiger partial charge in [0.1, 0.15) is 18.1 Å². The molecule has 0 saturated heterocycles. The molecule has 0 aliphatic carbocycles. The summed E-state index contributed by atoms with van der Waals surface area (Å²) in [5, 5.41) is 0. The average molecular weight is 405 g/mol. The predicted octanol–water partition coefficient (Wildman–Crippen LogP) is 3.87. The highest BCUT2D eigenvalue weighted by Crippen LogP contribution is 2.30. The van der Waals surface area contributed by atoms with Crippen LogP contribution in [0, 0.1) is 0 Å². The first-order valence-electron chi connectivity index (χ1n) is 7.92. The number of hydrogen-bond donors (Lipinski definition) is 1. The van der Waals surface area contributed by atoms with Gasteiger partial charge in [-0.3, -0.25) is 4.79 Å². The molecule has 5 nitrogen and oxygen atoms in total. The van der Waals surface area contributed by atoms with Crippen molar-refractivity contribution in [3.8, 4) is 11.5 Å². The Bertz CT molecular complexity index is 793. The lowest BCUT2D eigenvalue weighted by molar-refractivity contribution is -0.212. The van der Waals surface area contributed by atoms with Gasteiger partial charge < -0.3 is 19.9 Å². The zero-order valence-electron chi connectivity index (χ0n) is 14.3. The van der Waals surface area contributed by atoms with E-state index in [2.05, 4.69) is 4.74 Å². The second-order valence-corrected chi connectivity index (χ2v) is 5.52. The number of rotatable bonds is 9. The number of amides is 1. The predicted molar refractivity (Wildman–Crippen MR) is 88.3 cm³/mol. The average Bonchev–Trinajstić information content (AvgIpc) is 2.61. The van der Waals surface area contributed by atoms with E-state index < -0.39 is 30.4 Å². The van der Waals surface area contributed by atoms with Crippen LogP contribution in [0.5, 0.6) is 11.5 Å². The molecule has 1 amide bonds. The van der Waals surface area contributed by atoms with Gasteiger partial charge in [-0.2, -0.15) is 22.0 Å². The van der Waals surface area contributed by atoms with Crippen molar-refractivity contribution >= 4 is 5.91 Å². The van der Waals surface area contributed by atoms with Gasteiger partial charge in [0.15, 0.2) is 6.61 Å². The van der Waals surface area contributed by atoms with Crippen LogP contribution in [0.2, 0.25) is 0 Å². The fourth-order valence-electron chi connectivity index (χ4n) is 2.10. The van der Waals surface area contributed by atoms with Gasteiger partial charge in [0.05, 0.1) is 17.7 Å². The Morgan fingerprint density at radius 2 is 1.57 bits per heavy atom. The van der Waals surface area contributed by atoms with E-state index in [1.165, 1.54) is 24.3 Å². The van der Waals surface area contributed by atoms with Gasteiger partial charge >= 0.3 is 12.3 Å². The molecule has 10 heteroatoms. The van der Waals surface area contributed by atoms with Crippen molar-refractivity contribution < 1.29 is 41.0 Å². The summed E-state index contributed by atoms with van der Waals surface area (Å²) in [6.45, 7) is -1.56. The Morgan fingerprint density at radius 1 is 0.929 bits per heavy atom. The van der Waals surface area contributed by atoms with Crippen molar-refractivity contribution in [1.82, 2.24) is 0 Å². The molecule has 0 aromatic heterocycles. The molecule has 0 radical (unpaired) electrons. The molecule has 2 rings (SSSR count). The molecule has 0 unspecified atom stereocenters. The number of para-hydroxylation sites is 1. The lowest BCUT2D eigenvalue weighted by atomic mass is 10.2. The van der Waals surface area contributed by atoms with Crippen molar-refractivity contribution in [3.63, 3.8) is 0 Å². The summed E-state index contributed by atoms with van der Waals surface area (Å²) >= 11 is 0. The third-order valence-electron chi connectivity index (χ3n) is 3.36. The Morgan fingerprint density at radius 3 is 2.18 bits per heavy atom. The number of primary amides is 1. The van der Waals surface area contributed by atoms with Crippen molar-refractivity contribution in [2.75, 3.05) is 19.8 Å². The Labute approximate surface area is 156 Å². The summed E-state index contributed by atoms with van der Waals surface area (Å²) in [6.07, 6.45) is -8.19. The molecule has 0 heterocycles. The van der Waals surface area contributed by atoms with Gasteiger partial charge in [0.25, 0.3) is 5.91 Å². The monoisotopic (exact) mass is 405 g/mol. The minimum Gasteiger partial charge on any atom is -0.491 e. The van der Waals surface area contributed by atoms with E-state index in [9.17, 15) is 26.7 Å². The van der Waals surface area contributed by atoms with Crippen LogP contribution in [0.25, 0.3) is 0 Å². The number of carbonyl (C=O) groups is 1. The number of benzene rings is 2. The van der Waals surface area contributed by atoms with E-state index >= 15 is 0 Å². The number of nitrogens with two attached hydrogens (primary N) is 1. The molecule has 2 aromatic carbocycles. The smallest absolute Gasteiger partial charge is 0.421 e. The molecule has 152 valence electrons. The lowest BCUT2D eigenvalue weighted by Crippen LogP contribution is -2.32. The number of carbonyl (C=O) groups excluding carboxylic acids is 1. The van der Waals surface area contributed by atoms with Crippen molar-refractivity contribution in [2.24, 2.45) is 5.73 Å². The summed E-state index contributed by atoms with van der Waals surface area (Å²) in [6, 6.07) is 9.16. The summed E-state index contributed by atoms with van der Waals surface area (Å²) in [4.78, 5) is 11.2. The van der Waals surface area contributed by atoms with E-state index in [-0.39, 0.29) is 30.3 Å². The maximum Gasteiger partial charge on any atom is 0.421 e. The van der Waals surface area contributed by atoms with Crippen LogP contribution in [0.3, 0.4) is 0 Å². The molecule has 0 aliphatic rings. The highest BCUT2D eigenvalue weighted by Gasteiger charge is 2.33. The number of hydrogen-bond acceptors (Lipinski definition) is 4. The van der Waals surface area contributed by atoms with Gasteiger partial charge in [-0.1, -0.05) is 12.1 Å². The Kier molecular flexibility index (Phi) is 6.79. The Balaban J connectivity index is 1.77. The molecule has 2 aromatic rings. The summed E-state index contributed by atoms with van der Waals surface area (Å²) < 4.78 is 79.3. The highest BCUT2D eigenvalue weighted by atomic mass is 19.4. The molecule has 2 N–H and O–H groups in total. The van der Waals surface area contributed by atoms with Crippen LogP contribution in [-0.2, 0) is 10.9 Å². The van der Waals surface area contributed by atoms with Gasteiger partial charge in [-0.15, -0.1) is 0 Å². The zero-order valence-corrected chi connectivity index (χ0v) is 14.3. The summed E-state index contributed by atoms with van der Waals surface area (Å²) in [5.74, 6) is -1.17. The standard InChI is InChI=1S/C18H16F5NO4/c19-17(20,28-15-4-2-1-3-14(15)16(24)25)11-26-9-10-27-13-7-5-12(6-8-13)18(21,22)23/h1-8H,9-11H2,(H2,24,25). The minimum absolute atomic E-state index is 0.134. The Hall–Kier alpha value is -2.88. The zero-order chi connectivity index (χ0) is 20.8. The van der Waals surface area contributed by atoms with Crippen molar-refractivity contribution in [2.45, 2.75) is 12.3 Å². The van der Waals surface area contributed by atoms with Gasteiger partial charge in [0.2, 0.25) is 0 Å². The van der Waals surface area contributed by atoms with Gasteiger partial charge in [0, 0.05) is 0 Å². The molecule has 0 atom stereocenters. The summed E-state index contributed by atoms with van der Waals surface area (Å²) in [5.41, 5.74) is 4.06. The van der Waals surface area contributed by atoms with E-state index in [0.29, 0.717) is 0 Å². The minimum atomic E-state index is -4.46. The molecule has 0 saturated carbocycles. The van der Waals surface area contributed by atoms with E-state index in [1.54, 1.807) is 0 Å². The largest absolute Gasteiger partial charge is 0.491 e. The second-order valence-electron chi connectivity index (χ2n) is 5.52. The first-order chi connectivity index (χ1) is 13.1. The first kappa shape index (κ1) is 21.4. The van der Waals surface area contributed by atoms with E-state index in [1.807, 2.05) is 0 Å². The van der Waals surface area contributed by atoms with Gasteiger partial charge in [-0.25, -0.2) is 0 Å². The third-order valence-corrected chi connectivity index (χ3v) is 3.36. The molecule has 0 fully saturated rings. The SMILES string of the molecule is NC(=O)c1ccccc1OC(F)(F)COCCOc1ccc(C(F)(F)F)cc1. The fraction of sp³-hybridized carbons (Fsp3) is 0.278. The fourth-order valence-corrected chi connectivity index (χ4v) is 2.10. The van der Waals surface area contributed by atoms with Crippen molar-refractivity contribution in [3.05, 3.63) is 59.7 Å². The number of ether oxygens (including phenoxy) is 3. The quantitative estimate of drug-likeness (QED) is 0.508. The normalized spacial score (nSPS) is 11.9. The third kappa shape index (κ3) is 6.38. The molecular weight excluding hydrogens is 389 g/mol. The maximum absolute atomic E-state index is 13.8. The number of halogens is 5. The van der Waals surface area contributed by atoms with Crippen LogP contribution >= 0.6 is 0 Å². The summed E-state index contributed by atoms with van der Waals surface area (Å²) in [7, 11) is 0. The number of alkyl halides is 5. The van der Waals surface area contributed by atoms with Crippen LogP contribution in [-0.4, -0.2) is 31.8 Å². The van der Waals surface area contributed by atoms with Crippen LogP contribution in [0.15, 0.2) is 48.5 Å².